The molecule has 4 heteroatoms. The maximum absolute atomic E-state index is 10.1. The molecule has 0 heterocycles. The fourth-order valence-corrected chi connectivity index (χ4v) is 1.23. The number of aliphatic hydroxyl groups is 2. The van der Waals surface area contributed by atoms with Gasteiger partial charge in [-0.05, 0) is 6.42 Å². The highest BCUT2D eigenvalue weighted by Gasteiger charge is 1.95. The fraction of sp³-hybridized carbons (Fsp3) is 0.917. The van der Waals surface area contributed by atoms with Gasteiger partial charge >= 0.3 is 5.97 Å². The number of hydrogen-bond donors (Lipinski definition) is 3. The van der Waals surface area contributed by atoms with Crippen molar-refractivity contribution in [2.45, 2.75) is 58.3 Å². The SMILES string of the molecule is CCCCCCCCCC(=O)O.OCCO. The summed E-state index contributed by atoms with van der Waals surface area (Å²) in [5.74, 6) is -0.663. The molecular formula is C12H26O4. The maximum Gasteiger partial charge on any atom is 0.303 e. The van der Waals surface area contributed by atoms with E-state index in [1.807, 2.05) is 0 Å². The molecule has 0 aliphatic carbocycles. The molecule has 0 atom stereocenters. The number of aliphatic carboxylic acids is 1. The molecule has 0 radical (unpaired) electrons. The zero-order valence-corrected chi connectivity index (χ0v) is 10.3. The third-order valence-electron chi connectivity index (χ3n) is 2.09. The second-order valence-corrected chi connectivity index (χ2v) is 3.71. The number of hydrogen-bond acceptors (Lipinski definition) is 3. The van der Waals surface area contributed by atoms with Gasteiger partial charge in [0.05, 0.1) is 13.2 Å². The van der Waals surface area contributed by atoms with E-state index in [4.69, 9.17) is 15.3 Å². The lowest BCUT2D eigenvalue weighted by atomic mass is 10.1. The van der Waals surface area contributed by atoms with Crippen molar-refractivity contribution in [2.75, 3.05) is 13.2 Å². The summed E-state index contributed by atoms with van der Waals surface area (Å²) in [5, 5.41) is 23.6. The minimum Gasteiger partial charge on any atom is -0.481 e. The number of rotatable bonds is 9. The van der Waals surface area contributed by atoms with Crippen molar-refractivity contribution in [1.82, 2.24) is 0 Å². The Labute approximate surface area is 98.3 Å². The average molecular weight is 234 g/mol. The molecule has 0 rings (SSSR count). The largest absolute Gasteiger partial charge is 0.481 e. The smallest absolute Gasteiger partial charge is 0.303 e. The molecule has 3 N–H and O–H groups in total. The van der Waals surface area contributed by atoms with Crippen molar-refractivity contribution in [3.8, 4) is 0 Å². The van der Waals surface area contributed by atoms with Crippen molar-refractivity contribution in [3.63, 3.8) is 0 Å². The molecule has 0 spiro atoms. The van der Waals surface area contributed by atoms with Gasteiger partial charge in [-0.1, -0.05) is 45.4 Å². The Morgan fingerprint density at radius 2 is 1.31 bits per heavy atom. The van der Waals surface area contributed by atoms with Gasteiger partial charge in [-0.3, -0.25) is 4.79 Å². The molecule has 98 valence electrons. The van der Waals surface area contributed by atoms with E-state index in [2.05, 4.69) is 6.92 Å². The number of carbonyl (C=O) groups is 1. The summed E-state index contributed by atoms with van der Waals surface area (Å²) in [7, 11) is 0. The van der Waals surface area contributed by atoms with Crippen molar-refractivity contribution < 1.29 is 20.1 Å². The highest BCUT2D eigenvalue weighted by Crippen LogP contribution is 2.07. The lowest BCUT2D eigenvalue weighted by Crippen LogP contribution is -1.93. The van der Waals surface area contributed by atoms with E-state index in [1.54, 1.807) is 0 Å². The first-order valence-corrected chi connectivity index (χ1v) is 6.12. The van der Waals surface area contributed by atoms with Gasteiger partial charge in [0.1, 0.15) is 0 Å². The standard InChI is InChI=1S/C10H20O2.C2H6O2/c1-2-3-4-5-6-7-8-9-10(11)12;3-1-2-4/h2-9H2,1H3,(H,11,12);3-4H,1-2H2. The second-order valence-electron chi connectivity index (χ2n) is 3.71. The van der Waals surface area contributed by atoms with Crippen LogP contribution in [0.3, 0.4) is 0 Å². The van der Waals surface area contributed by atoms with Crippen LogP contribution in [0.1, 0.15) is 58.3 Å². The van der Waals surface area contributed by atoms with Gasteiger partial charge in [0.2, 0.25) is 0 Å². The number of carboxylic acid groups (broad SMARTS) is 1. The first-order chi connectivity index (χ1) is 7.68. The van der Waals surface area contributed by atoms with Crippen molar-refractivity contribution in [3.05, 3.63) is 0 Å². The highest BCUT2D eigenvalue weighted by atomic mass is 16.4. The highest BCUT2D eigenvalue weighted by molar-refractivity contribution is 5.66. The number of carboxylic acids is 1. The molecule has 16 heavy (non-hydrogen) atoms. The van der Waals surface area contributed by atoms with Gasteiger partial charge in [0.25, 0.3) is 0 Å². The molecule has 0 aromatic carbocycles. The van der Waals surface area contributed by atoms with Gasteiger partial charge in [-0.25, -0.2) is 0 Å². The Hall–Kier alpha value is -0.610. The molecule has 0 aromatic rings. The van der Waals surface area contributed by atoms with Crippen LogP contribution in [0.25, 0.3) is 0 Å². The summed E-state index contributed by atoms with van der Waals surface area (Å²) in [6.07, 6.45) is 8.64. The Morgan fingerprint density at radius 3 is 1.69 bits per heavy atom. The Kier molecular flexibility index (Phi) is 18.7. The van der Waals surface area contributed by atoms with Crippen LogP contribution in [0.2, 0.25) is 0 Å². The van der Waals surface area contributed by atoms with Crippen LogP contribution in [-0.2, 0) is 4.79 Å². The van der Waals surface area contributed by atoms with Gasteiger partial charge in [0, 0.05) is 6.42 Å². The van der Waals surface area contributed by atoms with Crippen LogP contribution in [0.5, 0.6) is 0 Å². The first kappa shape index (κ1) is 17.8. The van der Waals surface area contributed by atoms with E-state index in [0.717, 1.165) is 12.8 Å². The minimum atomic E-state index is -0.663. The van der Waals surface area contributed by atoms with E-state index >= 15 is 0 Å². The first-order valence-electron chi connectivity index (χ1n) is 6.12. The lowest BCUT2D eigenvalue weighted by Gasteiger charge is -1.98. The Morgan fingerprint density at radius 1 is 0.875 bits per heavy atom. The van der Waals surface area contributed by atoms with Crippen molar-refractivity contribution >= 4 is 5.97 Å². The molecular weight excluding hydrogens is 208 g/mol. The van der Waals surface area contributed by atoms with Gasteiger partial charge in [-0.15, -0.1) is 0 Å². The number of aliphatic hydroxyl groups excluding tert-OH is 2. The predicted molar refractivity (Wildman–Crippen MR) is 64.4 cm³/mol. The summed E-state index contributed by atoms with van der Waals surface area (Å²) >= 11 is 0. The summed E-state index contributed by atoms with van der Waals surface area (Å²) in [6.45, 7) is 1.95. The van der Waals surface area contributed by atoms with E-state index in [9.17, 15) is 4.79 Å². The van der Waals surface area contributed by atoms with Crippen LogP contribution in [0, 0.1) is 0 Å². The molecule has 0 amide bonds. The summed E-state index contributed by atoms with van der Waals surface area (Å²) in [5.41, 5.74) is 0. The fourth-order valence-electron chi connectivity index (χ4n) is 1.23. The van der Waals surface area contributed by atoms with Crippen molar-refractivity contribution in [1.29, 1.82) is 0 Å². The Bertz CT molecular complexity index is 135. The monoisotopic (exact) mass is 234 g/mol. The molecule has 4 nitrogen and oxygen atoms in total. The molecule has 0 saturated carbocycles. The van der Waals surface area contributed by atoms with Crippen LogP contribution >= 0.6 is 0 Å². The summed E-state index contributed by atoms with van der Waals surface area (Å²) in [4.78, 5) is 10.1. The topological polar surface area (TPSA) is 77.8 Å². The van der Waals surface area contributed by atoms with E-state index in [1.165, 1.54) is 32.1 Å². The number of unbranched alkanes of at least 4 members (excludes halogenated alkanes) is 6. The predicted octanol–water partition coefficient (Wildman–Crippen LogP) is 2.18. The molecule has 0 bridgehead atoms. The molecule has 0 aliphatic rings. The Balaban J connectivity index is 0. The third-order valence-corrected chi connectivity index (χ3v) is 2.09. The molecule has 0 aromatic heterocycles. The summed E-state index contributed by atoms with van der Waals surface area (Å²) in [6, 6.07) is 0. The minimum absolute atomic E-state index is 0.125. The van der Waals surface area contributed by atoms with Crippen LogP contribution in [0.4, 0.5) is 0 Å². The zero-order valence-electron chi connectivity index (χ0n) is 10.3. The maximum atomic E-state index is 10.1. The van der Waals surface area contributed by atoms with Crippen molar-refractivity contribution in [2.24, 2.45) is 0 Å². The van der Waals surface area contributed by atoms with Crippen LogP contribution < -0.4 is 0 Å². The van der Waals surface area contributed by atoms with Gasteiger partial charge < -0.3 is 15.3 Å². The van der Waals surface area contributed by atoms with Crippen LogP contribution in [-0.4, -0.2) is 34.5 Å². The van der Waals surface area contributed by atoms with E-state index in [0.29, 0.717) is 6.42 Å². The third kappa shape index (κ3) is 23.3. The summed E-state index contributed by atoms with van der Waals surface area (Å²) < 4.78 is 0. The van der Waals surface area contributed by atoms with E-state index < -0.39 is 5.97 Å². The normalized spacial score (nSPS) is 9.44. The average Bonchev–Trinajstić information content (AvgIpc) is 2.28. The quantitative estimate of drug-likeness (QED) is 0.534. The molecule has 0 unspecified atom stereocenters. The second kappa shape index (κ2) is 16.8. The molecule has 0 saturated heterocycles. The van der Waals surface area contributed by atoms with Gasteiger partial charge in [-0.2, -0.15) is 0 Å². The molecule has 0 fully saturated rings. The zero-order chi connectivity index (χ0) is 12.6. The van der Waals surface area contributed by atoms with E-state index in [-0.39, 0.29) is 13.2 Å². The van der Waals surface area contributed by atoms with Gasteiger partial charge in [0.15, 0.2) is 0 Å². The lowest BCUT2D eigenvalue weighted by molar-refractivity contribution is -0.137. The molecule has 0 aliphatic heterocycles. The van der Waals surface area contributed by atoms with Crippen LogP contribution in [0.15, 0.2) is 0 Å².